The summed E-state index contributed by atoms with van der Waals surface area (Å²) < 4.78 is 11.0. The number of hydrogen-bond acceptors (Lipinski definition) is 3. The van der Waals surface area contributed by atoms with E-state index in [0.717, 1.165) is 11.4 Å². The standard InChI is InChI=1S/C14H14ClNO2/c15-13-3-1-2-4-14(13)18-10-9-17-12-7-5-11(16)6-8-12/h1-8H,9-10,16H2. The summed E-state index contributed by atoms with van der Waals surface area (Å²) in [6.07, 6.45) is 0. The van der Waals surface area contributed by atoms with Crippen LogP contribution in [0.1, 0.15) is 0 Å². The fourth-order valence-electron chi connectivity index (χ4n) is 1.44. The van der Waals surface area contributed by atoms with Crippen LogP contribution >= 0.6 is 11.6 Å². The first-order chi connectivity index (χ1) is 8.75. The second-order valence-electron chi connectivity index (χ2n) is 3.70. The van der Waals surface area contributed by atoms with Gasteiger partial charge in [0.2, 0.25) is 0 Å². The van der Waals surface area contributed by atoms with Crippen LogP contribution in [0.5, 0.6) is 11.5 Å². The second kappa shape index (κ2) is 6.17. The maximum absolute atomic E-state index is 5.96. The highest BCUT2D eigenvalue weighted by Crippen LogP contribution is 2.22. The van der Waals surface area contributed by atoms with Crippen LogP contribution < -0.4 is 15.2 Å². The van der Waals surface area contributed by atoms with Crippen molar-refractivity contribution in [2.24, 2.45) is 0 Å². The van der Waals surface area contributed by atoms with Crippen molar-refractivity contribution in [3.63, 3.8) is 0 Å². The van der Waals surface area contributed by atoms with Gasteiger partial charge in [-0.2, -0.15) is 0 Å². The van der Waals surface area contributed by atoms with Gasteiger partial charge in [0.25, 0.3) is 0 Å². The van der Waals surface area contributed by atoms with E-state index >= 15 is 0 Å². The lowest BCUT2D eigenvalue weighted by molar-refractivity contribution is 0.217. The lowest BCUT2D eigenvalue weighted by Gasteiger charge is -2.09. The largest absolute Gasteiger partial charge is 0.490 e. The predicted octanol–water partition coefficient (Wildman–Crippen LogP) is 3.38. The number of ether oxygens (including phenoxy) is 2. The molecule has 0 saturated carbocycles. The Labute approximate surface area is 111 Å². The molecular formula is C14H14ClNO2. The molecule has 0 spiro atoms. The number of para-hydroxylation sites is 1. The molecular weight excluding hydrogens is 250 g/mol. The first kappa shape index (κ1) is 12.6. The predicted molar refractivity (Wildman–Crippen MR) is 73.3 cm³/mol. The normalized spacial score (nSPS) is 10.1. The molecule has 94 valence electrons. The average molecular weight is 264 g/mol. The molecule has 4 heteroatoms. The zero-order valence-corrected chi connectivity index (χ0v) is 10.6. The van der Waals surface area contributed by atoms with Gasteiger partial charge < -0.3 is 15.2 Å². The summed E-state index contributed by atoms with van der Waals surface area (Å²) in [6.45, 7) is 0.892. The van der Waals surface area contributed by atoms with Crippen LogP contribution in [0.15, 0.2) is 48.5 Å². The fraction of sp³-hybridized carbons (Fsp3) is 0.143. The second-order valence-corrected chi connectivity index (χ2v) is 4.10. The number of anilines is 1. The van der Waals surface area contributed by atoms with Crippen molar-refractivity contribution in [1.29, 1.82) is 0 Å². The number of benzene rings is 2. The molecule has 2 rings (SSSR count). The molecule has 0 atom stereocenters. The van der Waals surface area contributed by atoms with E-state index in [4.69, 9.17) is 26.8 Å². The van der Waals surface area contributed by atoms with Crippen molar-refractivity contribution < 1.29 is 9.47 Å². The van der Waals surface area contributed by atoms with Gasteiger partial charge in [-0.05, 0) is 36.4 Å². The third-order valence-electron chi connectivity index (χ3n) is 2.33. The van der Waals surface area contributed by atoms with E-state index in [9.17, 15) is 0 Å². The van der Waals surface area contributed by atoms with Crippen LogP contribution in [0.4, 0.5) is 5.69 Å². The first-order valence-corrected chi connectivity index (χ1v) is 5.99. The zero-order valence-electron chi connectivity index (χ0n) is 9.80. The van der Waals surface area contributed by atoms with E-state index < -0.39 is 0 Å². The number of nitrogens with two attached hydrogens (primary N) is 1. The SMILES string of the molecule is Nc1ccc(OCCOc2ccccc2Cl)cc1. The lowest BCUT2D eigenvalue weighted by atomic mass is 10.3. The topological polar surface area (TPSA) is 44.5 Å². The van der Waals surface area contributed by atoms with Crippen LogP contribution in [0.2, 0.25) is 5.02 Å². The van der Waals surface area contributed by atoms with Crippen LogP contribution in [-0.2, 0) is 0 Å². The molecule has 0 heterocycles. The Morgan fingerprint density at radius 2 is 1.56 bits per heavy atom. The first-order valence-electron chi connectivity index (χ1n) is 5.61. The quantitative estimate of drug-likeness (QED) is 0.664. The Hall–Kier alpha value is -1.87. The molecule has 0 aliphatic carbocycles. The summed E-state index contributed by atoms with van der Waals surface area (Å²) >= 11 is 5.96. The summed E-state index contributed by atoms with van der Waals surface area (Å²) in [6, 6.07) is 14.6. The molecule has 0 saturated heterocycles. The summed E-state index contributed by atoms with van der Waals surface area (Å²) in [4.78, 5) is 0. The fourth-order valence-corrected chi connectivity index (χ4v) is 1.63. The molecule has 2 aromatic rings. The monoisotopic (exact) mass is 263 g/mol. The van der Waals surface area contributed by atoms with Crippen molar-refractivity contribution in [3.05, 3.63) is 53.6 Å². The van der Waals surface area contributed by atoms with Crippen molar-refractivity contribution in [2.45, 2.75) is 0 Å². The summed E-state index contributed by atoms with van der Waals surface area (Å²) in [7, 11) is 0. The van der Waals surface area contributed by atoms with Gasteiger partial charge in [-0.15, -0.1) is 0 Å². The zero-order chi connectivity index (χ0) is 12.8. The van der Waals surface area contributed by atoms with E-state index in [1.165, 1.54) is 0 Å². The number of nitrogen functional groups attached to an aromatic ring is 1. The van der Waals surface area contributed by atoms with Crippen molar-refractivity contribution in [1.82, 2.24) is 0 Å². The minimum absolute atomic E-state index is 0.439. The molecule has 0 bridgehead atoms. The molecule has 18 heavy (non-hydrogen) atoms. The molecule has 2 N–H and O–H groups in total. The van der Waals surface area contributed by atoms with Crippen LogP contribution in [-0.4, -0.2) is 13.2 Å². The van der Waals surface area contributed by atoms with Gasteiger partial charge in [-0.25, -0.2) is 0 Å². The third kappa shape index (κ3) is 3.57. The van der Waals surface area contributed by atoms with Gasteiger partial charge in [-0.1, -0.05) is 23.7 Å². The maximum Gasteiger partial charge on any atom is 0.138 e. The van der Waals surface area contributed by atoms with Gasteiger partial charge in [0.15, 0.2) is 0 Å². The molecule has 0 aromatic heterocycles. The minimum Gasteiger partial charge on any atom is -0.490 e. The third-order valence-corrected chi connectivity index (χ3v) is 2.64. The van der Waals surface area contributed by atoms with Gasteiger partial charge in [0.05, 0.1) is 5.02 Å². The number of halogens is 1. The van der Waals surface area contributed by atoms with E-state index in [-0.39, 0.29) is 0 Å². The highest BCUT2D eigenvalue weighted by molar-refractivity contribution is 6.32. The highest BCUT2D eigenvalue weighted by atomic mass is 35.5. The van der Waals surface area contributed by atoms with Gasteiger partial charge in [0.1, 0.15) is 24.7 Å². The Bertz CT molecular complexity index is 499. The molecule has 0 aliphatic heterocycles. The Morgan fingerprint density at radius 3 is 2.28 bits per heavy atom. The van der Waals surface area contributed by atoms with E-state index in [0.29, 0.717) is 24.0 Å². The highest BCUT2D eigenvalue weighted by Gasteiger charge is 1.99. The summed E-state index contributed by atoms with van der Waals surface area (Å²) in [5.41, 5.74) is 6.30. The molecule has 0 unspecified atom stereocenters. The Balaban J connectivity index is 1.76. The molecule has 0 fully saturated rings. The molecule has 3 nitrogen and oxygen atoms in total. The molecule has 2 aromatic carbocycles. The van der Waals surface area contributed by atoms with Crippen LogP contribution in [0.3, 0.4) is 0 Å². The smallest absolute Gasteiger partial charge is 0.138 e. The minimum atomic E-state index is 0.439. The maximum atomic E-state index is 5.96. The Morgan fingerprint density at radius 1 is 0.889 bits per heavy atom. The van der Waals surface area contributed by atoms with Crippen LogP contribution in [0, 0.1) is 0 Å². The summed E-state index contributed by atoms with van der Waals surface area (Å²) in [5, 5.41) is 0.602. The lowest BCUT2D eigenvalue weighted by Crippen LogP contribution is -2.09. The van der Waals surface area contributed by atoms with Gasteiger partial charge in [-0.3, -0.25) is 0 Å². The van der Waals surface area contributed by atoms with Crippen molar-refractivity contribution in [3.8, 4) is 11.5 Å². The summed E-state index contributed by atoms with van der Waals surface area (Å²) in [5.74, 6) is 1.44. The van der Waals surface area contributed by atoms with E-state index in [1.54, 1.807) is 18.2 Å². The van der Waals surface area contributed by atoms with Crippen molar-refractivity contribution in [2.75, 3.05) is 18.9 Å². The van der Waals surface area contributed by atoms with Crippen molar-refractivity contribution >= 4 is 17.3 Å². The van der Waals surface area contributed by atoms with Crippen LogP contribution in [0.25, 0.3) is 0 Å². The van der Waals surface area contributed by atoms with E-state index in [1.807, 2.05) is 30.3 Å². The Kier molecular flexibility index (Phi) is 4.31. The number of rotatable bonds is 5. The average Bonchev–Trinajstić information content (AvgIpc) is 2.39. The van der Waals surface area contributed by atoms with E-state index in [2.05, 4.69) is 0 Å². The molecule has 0 radical (unpaired) electrons. The molecule has 0 aliphatic rings. The van der Waals surface area contributed by atoms with Gasteiger partial charge >= 0.3 is 0 Å². The van der Waals surface area contributed by atoms with Gasteiger partial charge in [0, 0.05) is 5.69 Å². The molecule has 0 amide bonds. The number of hydrogen-bond donors (Lipinski definition) is 1.